The van der Waals surface area contributed by atoms with Crippen LogP contribution in [0.25, 0.3) is 22.2 Å². The second-order valence-corrected chi connectivity index (χ2v) is 7.96. The molecule has 0 atom stereocenters. The number of ether oxygens (including phenoxy) is 2. The molecule has 0 unspecified atom stereocenters. The molecule has 166 valence electrons. The molecule has 1 fully saturated rings. The van der Waals surface area contributed by atoms with E-state index in [9.17, 15) is 9.59 Å². The van der Waals surface area contributed by atoms with Crippen molar-refractivity contribution in [2.75, 3.05) is 0 Å². The van der Waals surface area contributed by atoms with E-state index in [4.69, 9.17) is 15.2 Å². The number of carbonyl (C=O) groups excluding carboxylic acids is 2. The van der Waals surface area contributed by atoms with Gasteiger partial charge in [-0.2, -0.15) is 0 Å². The molecular formula is C25H22N4O4. The molecule has 8 nitrogen and oxygen atoms in total. The van der Waals surface area contributed by atoms with Crippen molar-refractivity contribution >= 4 is 22.9 Å². The Morgan fingerprint density at radius 3 is 2.36 bits per heavy atom. The van der Waals surface area contributed by atoms with Gasteiger partial charge in [0, 0.05) is 30.6 Å². The zero-order valence-corrected chi connectivity index (χ0v) is 17.8. The number of ketones is 1. The standard InChI is InChI=1S/C25H22N4O4/c26-25(31)33-24-22-21(16-6-12-20(13-7-16)32-19-4-2-1-3-5-19)14-29(23(22)27-15-28-24)17-8-10-18(30)11-9-17/h1-7,12-15,17H,8-11H2,(H2,26,31). The first-order chi connectivity index (χ1) is 16.1. The van der Waals surface area contributed by atoms with Gasteiger partial charge in [0.05, 0.1) is 5.39 Å². The molecule has 2 N–H and O–H groups in total. The number of amides is 1. The molecule has 0 spiro atoms. The number of nitrogens with zero attached hydrogens (tertiary/aromatic N) is 3. The monoisotopic (exact) mass is 442 g/mol. The number of hydrogen-bond acceptors (Lipinski definition) is 6. The van der Waals surface area contributed by atoms with Gasteiger partial charge >= 0.3 is 6.09 Å². The smallest absolute Gasteiger partial charge is 0.411 e. The topological polar surface area (TPSA) is 109 Å². The minimum Gasteiger partial charge on any atom is -0.457 e. The van der Waals surface area contributed by atoms with Crippen molar-refractivity contribution in [2.45, 2.75) is 31.7 Å². The maximum Gasteiger partial charge on any atom is 0.411 e. The second kappa shape index (κ2) is 8.74. The van der Waals surface area contributed by atoms with E-state index in [1.165, 1.54) is 6.33 Å². The van der Waals surface area contributed by atoms with Crippen LogP contribution in [0.4, 0.5) is 4.79 Å². The third-order valence-electron chi connectivity index (χ3n) is 5.82. The quantitative estimate of drug-likeness (QED) is 0.464. The van der Waals surface area contributed by atoms with Gasteiger partial charge in [0.2, 0.25) is 5.88 Å². The van der Waals surface area contributed by atoms with Crippen LogP contribution in [-0.4, -0.2) is 26.4 Å². The molecule has 1 aliphatic carbocycles. The van der Waals surface area contributed by atoms with Crippen LogP contribution in [0.2, 0.25) is 0 Å². The number of rotatable bonds is 5. The summed E-state index contributed by atoms with van der Waals surface area (Å²) >= 11 is 0. The van der Waals surface area contributed by atoms with Crippen molar-refractivity contribution in [2.24, 2.45) is 5.73 Å². The summed E-state index contributed by atoms with van der Waals surface area (Å²) < 4.78 is 13.2. The van der Waals surface area contributed by atoms with Gasteiger partial charge in [0.15, 0.2) is 0 Å². The number of fused-ring (bicyclic) bond motifs is 1. The summed E-state index contributed by atoms with van der Waals surface area (Å²) in [6.45, 7) is 0. The fraction of sp³-hybridized carbons (Fsp3) is 0.200. The summed E-state index contributed by atoms with van der Waals surface area (Å²) in [5.41, 5.74) is 7.61. The second-order valence-electron chi connectivity index (χ2n) is 7.96. The SMILES string of the molecule is NC(=O)Oc1ncnc2c1c(-c1ccc(Oc3ccccc3)cc1)cn2C1CCC(=O)CC1. The van der Waals surface area contributed by atoms with Crippen molar-refractivity contribution in [3.8, 4) is 28.5 Å². The number of benzene rings is 2. The van der Waals surface area contributed by atoms with E-state index in [2.05, 4.69) is 14.5 Å². The van der Waals surface area contributed by atoms with Crippen molar-refractivity contribution in [1.29, 1.82) is 0 Å². The lowest BCUT2D eigenvalue weighted by molar-refractivity contribution is -0.120. The molecule has 0 saturated heterocycles. The van der Waals surface area contributed by atoms with Crippen LogP contribution in [0.1, 0.15) is 31.7 Å². The predicted octanol–water partition coefficient (Wildman–Crippen LogP) is 5.03. The predicted molar refractivity (Wildman–Crippen MR) is 122 cm³/mol. The number of nitrogens with two attached hydrogens (primary N) is 1. The molecule has 1 saturated carbocycles. The van der Waals surface area contributed by atoms with Gasteiger partial charge in [-0.15, -0.1) is 0 Å². The Kier molecular flexibility index (Phi) is 5.48. The van der Waals surface area contributed by atoms with Gasteiger partial charge in [-0.25, -0.2) is 14.8 Å². The molecule has 8 heteroatoms. The third kappa shape index (κ3) is 4.27. The van der Waals surface area contributed by atoms with Crippen LogP contribution in [0.5, 0.6) is 17.4 Å². The molecule has 2 aromatic heterocycles. The molecule has 0 bridgehead atoms. The highest BCUT2D eigenvalue weighted by Gasteiger charge is 2.25. The lowest BCUT2D eigenvalue weighted by atomic mass is 9.94. The highest BCUT2D eigenvalue weighted by molar-refractivity contribution is 5.98. The number of Topliss-reactive ketones (excluding diaryl/α,β-unsaturated/α-hetero) is 1. The molecule has 5 rings (SSSR count). The Morgan fingerprint density at radius 2 is 1.67 bits per heavy atom. The first-order valence-corrected chi connectivity index (χ1v) is 10.8. The van der Waals surface area contributed by atoms with E-state index in [0.29, 0.717) is 29.6 Å². The van der Waals surface area contributed by atoms with Gasteiger partial charge in [0.1, 0.15) is 29.3 Å². The summed E-state index contributed by atoms with van der Waals surface area (Å²) in [5, 5.41) is 0.602. The van der Waals surface area contributed by atoms with Gasteiger partial charge in [0.25, 0.3) is 0 Å². The van der Waals surface area contributed by atoms with Gasteiger partial charge < -0.3 is 19.8 Å². The van der Waals surface area contributed by atoms with Gasteiger partial charge in [-0.05, 0) is 42.7 Å². The van der Waals surface area contributed by atoms with Crippen LogP contribution in [0.15, 0.2) is 67.1 Å². The number of para-hydroxylation sites is 1. The Morgan fingerprint density at radius 1 is 0.970 bits per heavy atom. The summed E-state index contributed by atoms with van der Waals surface area (Å²) in [4.78, 5) is 31.9. The van der Waals surface area contributed by atoms with Crippen LogP contribution in [0, 0.1) is 0 Å². The van der Waals surface area contributed by atoms with Gasteiger partial charge in [-0.3, -0.25) is 4.79 Å². The fourth-order valence-electron chi connectivity index (χ4n) is 4.26. The van der Waals surface area contributed by atoms with Crippen LogP contribution in [0.3, 0.4) is 0 Å². The van der Waals surface area contributed by atoms with Crippen molar-refractivity contribution in [3.05, 3.63) is 67.1 Å². The Balaban J connectivity index is 1.56. The summed E-state index contributed by atoms with van der Waals surface area (Å²) in [5.74, 6) is 1.84. The normalized spacial score (nSPS) is 14.4. The summed E-state index contributed by atoms with van der Waals surface area (Å²) in [7, 11) is 0. The average Bonchev–Trinajstić information content (AvgIpc) is 3.21. The lowest BCUT2D eigenvalue weighted by Crippen LogP contribution is -2.18. The summed E-state index contributed by atoms with van der Waals surface area (Å²) in [6.07, 6.45) is 4.96. The van der Waals surface area contributed by atoms with Gasteiger partial charge in [-0.1, -0.05) is 30.3 Å². The maximum absolute atomic E-state index is 11.8. The molecular weight excluding hydrogens is 420 g/mol. The number of primary amides is 1. The Bertz CT molecular complexity index is 1310. The molecule has 4 aromatic rings. The minimum absolute atomic E-state index is 0.109. The van der Waals surface area contributed by atoms with Crippen molar-refractivity contribution in [3.63, 3.8) is 0 Å². The fourth-order valence-corrected chi connectivity index (χ4v) is 4.26. The zero-order valence-electron chi connectivity index (χ0n) is 17.8. The van der Waals surface area contributed by atoms with Crippen LogP contribution < -0.4 is 15.2 Å². The third-order valence-corrected chi connectivity index (χ3v) is 5.82. The van der Waals surface area contributed by atoms with E-state index in [0.717, 1.165) is 29.7 Å². The van der Waals surface area contributed by atoms with E-state index in [1.807, 2.05) is 60.8 Å². The highest BCUT2D eigenvalue weighted by Crippen LogP contribution is 2.39. The van der Waals surface area contributed by atoms with Crippen LogP contribution >= 0.6 is 0 Å². The van der Waals surface area contributed by atoms with Crippen LogP contribution in [-0.2, 0) is 4.79 Å². The van der Waals surface area contributed by atoms with E-state index in [-0.39, 0.29) is 17.7 Å². The largest absolute Gasteiger partial charge is 0.457 e. The van der Waals surface area contributed by atoms with Crippen molar-refractivity contribution < 1.29 is 19.1 Å². The highest BCUT2D eigenvalue weighted by atomic mass is 16.6. The molecule has 0 radical (unpaired) electrons. The minimum atomic E-state index is -0.941. The Labute approximate surface area is 190 Å². The first-order valence-electron chi connectivity index (χ1n) is 10.8. The van der Waals surface area contributed by atoms with Crippen molar-refractivity contribution in [1.82, 2.24) is 14.5 Å². The number of carbonyl (C=O) groups is 2. The average molecular weight is 442 g/mol. The lowest BCUT2D eigenvalue weighted by Gasteiger charge is -2.23. The van der Waals surface area contributed by atoms with E-state index < -0.39 is 6.09 Å². The zero-order chi connectivity index (χ0) is 22.8. The maximum atomic E-state index is 11.8. The van der Waals surface area contributed by atoms with E-state index in [1.54, 1.807) is 0 Å². The number of aromatic nitrogens is 3. The van der Waals surface area contributed by atoms with E-state index >= 15 is 0 Å². The Hall–Kier alpha value is -4.20. The number of hydrogen-bond donors (Lipinski definition) is 1. The molecule has 1 aliphatic rings. The molecule has 0 aliphatic heterocycles. The molecule has 1 amide bonds. The molecule has 2 heterocycles. The molecule has 2 aromatic carbocycles. The molecule has 33 heavy (non-hydrogen) atoms. The first kappa shape index (κ1) is 20.7. The summed E-state index contributed by atoms with van der Waals surface area (Å²) in [6, 6.07) is 17.3.